The van der Waals surface area contributed by atoms with Gasteiger partial charge < -0.3 is 14.4 Å². The van der Waals surface area contributed by atoms with Crippen LogP contribution in [0.25, 0.3) is 10.6 Å². The van der Waals surface area contributed by atoms with E-state index in [9.17, 15) is 4.79 Å². The molecule has 4 heterocycles. The molecule has 27 heavy (non-hydrogen) atoms. The zero-order chi connectivity index (χ0) is 18.2. The first-order chi connectivity index (χ1) is 13.3. The second kappa shape index (κ2) is 7.13. The average molecular weight is 385 g/mol. The fourth-order valence-electron chi connectivity index (χ4n) is 4.19. The molecule has 0 bridgehead atoms. The fraction of sp³-hybridized carbons (Fsp3) is 0.500. The molecule has 0 radical (unpaired) electrons. The van der Waals surface area contributed by atoms with Gasteiger partial charge in [0.25, 0.3) is 0 Å². The van der Waals surface area contributed by atoms with E-state index in [1.807, 2.05) is 28.5 Å². The number of ether oxygens (including phenoxy) is 2. The van der Waals surface area contributed by atoms with Crippen molar-refractivity contribution in [3.05, 3.63) is 29.3 Å². The van der Waals surface area contributed by atoms with Crippen molar-refractivity contribution in [2.75, 3.05) is 33.0 Å². The van der Waals surface area contributed by atoms with Crippen molar-refractivity contribution >= 4 is 17.2 Å². The summed E-state index contributed by atoms with van der Waals surface area (Å²) in [5.74, 6) is 1.72. The van der Waals surface area contributed by atoms with E-state index < -0.39 is 0 Å². The molecule has 5 rings (SSSR count). The van der Waals surface area contributed by atoms with E-state index in [2.05, 4.69) is 9.88 Å². The summed E-state index contributed by atoms with van der Waals surface area (Å²) in [7, 11) is 0. The summed E-state index contributed by atoms with van der Waals surface area (Å²) in [5.41, 5.74) is 1.85. The highest BCUT2D eigenvalue weighted by Crippen LogP contribution is 2.36. The molecule has 2 fully saturated rings. The Bertz CT molecular complexity index is 847. The smallest absolute Gasteiger partial charge is 0.231 e. The second-order valence-corrected chi connectivity index (χ2v) is 8.27. The summed E-state index contributed by atoms with van der Waals surface area (Å²) in [6, 6.07) is 6.40. The lowest BCUT2D eigenvalue weighted by atomic mass is 10.2. The number of rotatable bonds is 4. The molecule has 0 N–H and O–H groups in total. The molecule has 0 spiro atoms. The van der Waals surface area contributed by atoms with E-state index in [-0.39, 0.29) is 12.7 Å². The maximum Gasteiger partial charge on any atom is 0.231 e. The molecule has 1 aromatic carbocycles. The summed E-state index contributed by atoms with van der Waals surface area (Å²) < 4.78 is 10.8. The lowest BCUT2D eigenvalue weighted by Gasteiger charge is -2.23. The van der Waals surface area contributed by atoms with Crippen LogP contribution in [0.15, 0.2) is 23.6 Å². The Hall–Kier alpha value is -2.12. The molecule has 6 nitrogen and oxygen atoms in total. The molecule has 1 unspecified atom stereocenters. The number of hydrogen-bond donors (Lipinski definition) is 0. The van der Waals surface area contributed by atoms with Crippen LogP contribution in [0.2, 0.25) is 0 Å². The summed E-state index contributed by atoms with van der Waals surface area (Å²) in [6.07, 6.45) is 4.08. The Morgan fingerprint density at radius 1 is 1.19 bits per heavy atom. The SMILES string of the molecule is O=C(Cc1csc(-c2ccc3c(c2)OCO3)n1)N1CCC(N2CCCC2)C1. The number of hydrogen-bond acceptors (Lipinski definition) is 6. The largest absolute Gasteiger partial charge is 0.454 e. The predicted molar refractivity (Wildman–Crippen MR) is 103 cm³/mol. The van der Waals surface area contributed by atoms with Crippen LogP contribution in [0.1, 0.15) is 25.0 Å². The van der Waals surface area contributed by atoms with Gasteiger partial charge in [0.05, 0.1) is 12.1 Å². The van der Waals surface area contributed by atoms with Gasteiger partial charge in [-0.3, -0.25) is 9.69 Å². The summed E-state index contributed by atoms with van der Waals surface area (Å²) in [4.78, 5) is 22.0. The third-order valence-electron chi connectivity index (χ3n) is 5.68. The molecular weight excluding hydrogens is 362 g/mol. The van der Waals surface area contributed by atoms with Crippen LogP contribution in [-0.2, 0) is 11.2 Å². The van der Waals surface area contributed by atoms with Gasteiger partial charge >= 0.3 is 0 Å². The highest BCUT2D eigenvalue weighted by Gasteiger charge is 2.31. The lowest BCUT2D eigenvalue weighted by molar-refractivity contribution is -0.129. The zero-order valence-corrected chi connectivity index (χ0v) is 16.0. The molecule has 3 aliphatic rings. The van der Waals surface area contributed by atoms with Crippen LogP contribution >= 0.6 is 11.3 Å². The van der Waals surface area contributed by atoms with Crippen LogP contribution in [0.4, 0.5) is 0 Å². The first kappa shape index (κ1) is 17.0. The Labute approximate surface area is 162 Å². The van der Waals surface area contributed by atoms with E-state index in [1.165, 1.54) is 25.9 Å². The van der Waals surface area contributed by atoms with Gasteiger partial charge in [-0.15, -0.1) is 11.3 Å². The number of aromatic nitrogens is 1. The quantitative estimate of drug-likeness (QED) is 0.810. The highest BCUT2D eigenvalue weighted by molar-refractivity contribution is 7.13. The topological polar surface area (TPSA) is 54.9 Å². The van der Waals surface area contributed by atoms with Crippen LogP contribution in [0.5, 0.6) is 11.5 Å². The number of benzene rings is 1. The molecule has 1 aromatic heterocycles. The minimum absolute atomic E-state index is 0.194. The number of carbonyl (C=O) groups is 1. The normalized spacial score (nSPS) is 21.9. The maximum absolute atomic E-state index is 12.7. The third-order valence-corrected chi connectivity index (χ3v) is 6.62. The van der Waals surface area contributed by atoms with Crippen molar-refractivity contribution in [1.29, 1.82) is 0 Å². The van der Waals surface area contributed by atoms with Crippen molar-refractivity contribution in [2.45, 2.75) is 31.7 Å². The minimum Gasteiger partial charge on any atom is -0.454 e. The molecule has 1 amide bonds. The summed E-state index contributed by atoms with van der Waals surface area (Å²) >= 11 is 1.57. The molecule has 0 aliphatic carbocycles. The van der Waals surface area contributed by atoms with Crippen molar-refractivity contribution < 1.29 is 14.3 Å². The predicted octanol–water partition coefficient (Wildman–Crippen LogP) is 2.78. The van der Waals surface area contributed by atoms with Crippen molar-refractivity contribution in [3.8, 4) is 22.1 Å². The van der Waals surface area contributed by atoms with Crippen molar-refractivity contribution in [2.24, 2.45) is 0 Å². The maximum atomic E-state index is 12.7. The van der Waals surface area contributed by atoms with Crippen LogP contribution in [0, 0.1) is 0 Å². The monoisotopic (exact) mass is 385 g/mol. The standard InChI is InChI=1S/C20H23N3O3S/c24-19(23-8-5-16(11-23)22-6-1-2-7-22)10-15-12-27-20(21-15)14-3-4-17-18(9-14)26-13-25-17/h3-4,9,12,16H,1-2,5-8,10-11,13H2. The summed E-state index contributed by atoms with van der Waals surface area (Å²) in [5, 5.41) is 2.90. The molecule has 1 atom stereocenters. The Kier molecular flexibility index (Phi) is 4.49. The van der Waals surface area contributed by atoms with Gasteiger partial charge in [-0.25, -0.2) is 4.98 Å². The van der Waals surface area contributed by atoms with Crippen LogP contribution in [-0.4, -0.2) is 59.7 Å². The van der Waals surface area contributed by atoms with Gasteiger partial charge in [0.15, 0.2) is 11.5 Å². The molecular formula is C20H23N3O3S. The first-order valence-corrected chi connectivity index (χ1v) is 10.5. The van der Waals surface area contributed by atoms with Crippen LogP contribution < -0.4 is 9.47 Å². The summed E-state index contributed by atoms with van der Waals surface area (Å²) in [6.45, 7) is 4.40. The van der Waals surface area contributed by atoms with Crippen molar-refractivity contribution in [1.82, 2.24) is 14.8 Å². The molecule has 3 aliphatic heterocycles. The highest BCUT2D eigenvalue weighted by atomic mass is 32.1. The van der Waals surface area contributed by atoms with E-state index in [1.54, 1.807) is 11.3 Å². The van der Waals surface area contributed by atoms with E-state index in [0.717, 1.165) is 47.3 Å². The first-order valence-electron chi connectivity index (χ1n) is 9.62. The fourth-order valence-corrected chi connectivity index (χ4v) is 5.01. The van der Waals surface area contributed by atoms with E-state index in [0.29, 0.717) is 12.5 Å². The Morgan fingerprint density at radius 3 is 2.93 bits per heavy atom. The van der Waals surface area contributed by atoms with Gasteiger partial charge in [0, 0.05) is 30.1 Å². The second-order valence-electron chi connectivity index (χ2n) is 7.41. The van der Waals surface area contributed by atoms with Gasteiger partial charge in [-0.2, -0.15) is 0 Å². The zero-order valence-electron chi connectivity index (χ0n) is 15.2. The Morgan fingerprint density at radius 2 is 2.04 bits per heavy atom. The number of nitrogens with zero attached hydrogens (tertiary/aromatic N) is 3. The lowest BCUT2D eigenvalue weighted by Crippen LogP contribution is -2.37. The number of likely N-dealkylation sites (tertiary alicyclic amines) is 2. The van der Waals surface area contributed by atoms with Crippen molar-refractivity contribution in [3.63, 3.8) is 0 Å². The molecule has 7 heteroatoms. The number of thiazole rings is 1. The molecule has 142 valence electrons. The molecule has 2 saturated heterocycles. The number of carbonyl (C=O) groups excluding carboxylic acids is 1. The average Bonchev–Trinajstić information content (AvgIpc) is 3.47. The minimum atomic E-state index is 0.194. The Balaban J connectivity index is 1.22. The van der Waals surface area contributed by atoms with E-state index >= 15 is 0 Å². The number of fused-ring (bicyclic) bond motifs is 1. The number of amides is 1. The van der Waals surface area contributed by atoms with Crippen LogP contribution in [0.3, 0.4) is 0 Å². The van der Waals surface area contributed by atoms with Gasteiger partial charge in [-0.05, 0) is 50.6 Å². The van der Waals surface area contributed by atoms with E-state index in [4.69, 9.17) is 9.47 Å². The van der Waals surface area contributed by atoms with Gasteiger partial charge in [-0.1, -0.05) is 0 Å². The molecule has 0 saturated carbocycles. The molecule has 2 aromatic rings. The third kappa shape index (κ3) is 3.41. The van der Waals surface area contributed by atoms with Gasteiger partial charge in [0.1, 0.15) is 5.01 Å². The van der Waals surface area contributed by atoms with Gasteiger partial charge in [0.2, 0.25) is 12.7 Å².